The normalized spacial score (nSPS) is 22.7. The highest BCUT2D eigenvalue weighted by Crippen LogP contribution is 2.40. The van der Waals surface area contributed by atoms with Gasteiger partial charge in [0.1, 0.15) is 6.10 Å². The molecule has 0 aromatic heterocycles. The maximum absolute atomic E-state index is 6.68. The molecule has 0 amide bonds. The van der Waals surface area contributed by atoms with Crippen molar-refractivity contribution in [1.82, 2.24) is 4.90 Å². The first kappa shape index (κ1) is 22.4. The van der Waals surface area contributed by atoms with Crippen molar-refractivity contribution in [2.75, 3.05) is 13.2 Å². The summed E-state index contributed by atoms with van der Waals surface area (Å²) in [5, 5.41) is 0. The minimum absolute atomic E-state index is 0.000623. The van der Waals surface area contributed by atoms with Gasteiger partial charge in [0.25, 0.3) is 0 Å². The van der Waals surface area contributed by atoms with Crippen molar-refractivity contribution >= 4 is 0 Å². The predicted molar refractivity (Wildman–Crippen MR) is 137 cm³/mol. The Morgan fingerprint density at radius 2 is 1.30 bits per heavy atom. The molecule has 2 nitrogen and oxygen atoms in total. The lowest BCUT2D eigenvalue weighted by atomic mass is 9.86. The first-order valence-electron chi connectivity index (χ1n) is 12.7. The third-order valence-electron chi connectivity index (χ3n) is 7.93. The molecular formula is C31H37NO. The number of piperidine rings is 1. The molecule has 2 aliphatic rings. The first-order chi connectivity index (χ1) is 16.2. The lowest BCUT2D eigenvalue weighted by Gasteiger charge is -2.39. The van der Waals surface area contributed by atoms with Gasteiger partial charge in [-0.05, 0) is 79.7 Å². The number of benzene rings is 3. The van der Waals surface area contributed by atoms with Gasteiger partial charge >= 0.3 is 0 Å². The van der Waals surface area contributed by atoms with Gasteiger partial charge in [0.05, 0.1) is 6.61 Å². The summed E-state index contributed by atoms with van der Waals surface area (Å²) in [6.45, 7) is 6.22. The maximum Gasteiger partial charge on any atom is 0.108 e. The molecular weight excluding hydrogens is 402 g/mol. The average molecular weight is 440 g/mol. The number of fused-ring (bicyclic) bond motifs is 2. The zero-order chi connectivity index (χ0) is 22.6. The molecule has 0 N–H and O–H groups in total. The van der Waals surface area contributed by atoms with Gasteiger partial charge in [0.15, 0.2) is 0 Å². The van der Waals surface area contributed by atoms with E-state index in [-0.39, 0.29) is 6.10 Å². The summed E-state index contributed by atoms with van der Waals surface area (Å²) in [6, 6.07) is 29.9. The summed E-state index contributed by atoms with van der Waals surface area (Å²) in [5.74, 6) is 0.828. The lowest BCUT2D eigenvalue weighted by Crippen LogP contribution is -2.45. The molecule has 2 aliphatic heterocycles. The number of hydrogen-bond acceptors (Lipinski definition) is 2. The fourth-order valence-electron chi connectivity index (χ4n) is 6.25. The van der Waals surface area contributed by atoms with Crippen molar-refractivity contribution in [1.29, 1.82) is 0 Å². The molecule has 0 radical (unpaired) electrons. The SMILES string of the molecule is Cc1ccccc1C(OCCN1[C@@H]2CC[C@H]1CC(Cc1ccccc1)C2)c1ccccc1C. The predicted octanol–water partition coefficient (Wildman–Crippen LogP) is 6.90. The number of nitrogens with zero attached hydrogens (tertiary/aromatic N) is 1. The third-order valence-corrected chi connectivity index (χ3v) is 7.93. The van der Waals surface area contributed by atoms with Crippen LogP contribution in [-0.4, -0.2) is 30.1 Å². The Balaban J connectivity index is 1.23. The minimum atomic E-state index is 0.000623. The Bertz CT molecular complexity index is 986. The third kappa shape index (κ3) is 5.08. The molecule has 3 aromatic rings. The highest BCUT2D eigenvalue weighted by atomic mass is 16.5. The summed E-state index contributed by atoms with van der Waals surface area (Å²) < 4.78 is 6.68. The molecule has 2 saturated heterocycles. The smallest absolute Gasteiger partial charge is 0.108 e. The molecule has 2 heteroatoms. The van der Waals surface area contributed by atoms with E-state index in [9.17, 15) is 0 Å². The summed E-state index contributed by atoms with van der Waals surface area (Å²) in [7, 11) is 0. The highest BCUT2D eigenvalue weighted by Gasteiger charge is 2.40. The zero-order valence-corrected chi connectivity index (χ0v) is 20.1. The van der Waals surface area contributed by atoms with Crippen LogP contribution < -0.4 is 0 Å². The van der Waals surface area contributed by atoms with Crippen LogP contribution in [0.2, 0.25) is 0 Å². The second-order valence-electron chi connectivity index (χ2n) is 10.1. The quantitative estimate of drug-likeness (QED) is 0.379. The van der Waals surface area contributed by atoms with Gasteiger partial charge in [-0.1, -0.05) is 78.9 Å². The molecule has 172 valence electrons. The Hall–Kier alpha value is -2.42. The van der Waals surface area contributed by atoms with Gasteiger partial charge in [0, 0.05) is 18.6 Å². The molecule has 0 aliphatic carbocycles. The number of ether oxygens (including phenoxy) is 1. The molecule has 1 unspecified atom stereocenters. The highest BCUT2D eigenvalue weighted by molar-refractivity contribution is 5.39. The Labute approximate surface area is 199 Å². The van der Waals surface area contributed by atoms with E-state index in [1.807, 2.05) is 0 Å². The van der Waals surface area contributed by atoms with Gasteiger partial charge in [-0.15, -0.1) is 0 Å². The van der Waals surface area contributed by atoms with Crippen LogP contribution in [0.15, 0.2) is 78.9 Å². The summed E-state index contributed by atoms with van der Waals surface area (Å²) in [4.78, 5) is 2.77. The molecule has 2 fully saturated rings. The molecule has 33 heavy (non-hydrogen) atoms. The number of hydrogen-bond donors (Lipinski definition) is 0. The number of aryl methyl sites for hydroxylation is 2. The average Bonchev–Trinajstić information content (AvgIpc) is 3.06. The van der Waals surface area contributed by atoms with Crippen LogP contribution in [-0.2, 0) is 11.2 Å². The first-order valence-corrected chi connectivity index (χ1v) is 12.7. The Kier molecular flexibility index (Phi) is 6.94. The van der Waals surface area contributed by atoms with E-state index in [1.54, 1.807) is 0 Å². The maximum atomic E-state index is 6.68. The zero-order valence-electron chi connectivity index (χ0n) is 20.1. The van der Waals surface area contributed by atoms with Gasteiger partial charge in [-0.25, -0.2) is 0 Å². The van der Waals surface area contributed by atoms with Crippen molar-refractivity contribution in [3.63, 3.8) is 0 Å². The molecule has 3 atom stereocenters. The van der Waals surface area contributed by atoms with Crippen LogP contribution in [0.1, 0.15) is 59.6 Å². The summed E-state index contributed by atoms with van der Waals surface area (Å²) in [5.41, 5.74) is 6.67. The van der Waals surface area contributed by atoms with Crippen molar-refractivity contribution in [3.05, 3.63) is 107 Å². The van der Waals surface area contributed by atoms with Crippen molar-refractivity contribution in [2.24, 2.45) is 5.92 Å². The second kappa shape index (κ2) is 10.2. The molecule has 5 rings (SSSR count). The largest absolute Gasteiger partial charge is 0.367 e. The van der Waals surface area contributed by atoms with Crippen molar-refractivity contribution in [2.45, 2.75) is 64.1 Å². The van der Waals surface area contributed by atoms with E-state index in [4.69, 9.17) is 4.74 Å². The van der Waals surface area contributed by atoms with Crippen molar-refractivity contribution in [3.8, 4) is 0 Å². The van der Waals surface area contributed by atoms with Crippen LogP contribution in [0.4, 0.5) is 0 Å². The van der Waals surface area contributed by atoms with Crippen molar-refractivity contribution < 1.29 is 4.74 Å². The second-order valence-corrected chi connectivity index (χ2v) is 10.1. The standard InChI is InChI=1S/C31H37NO/c1-23-10-6-8-14-29(23)31(30-15-9-7-11-24(30)2)33-19-18-32-27-16-17-28(32)22-26(21-27)20-25-12-4-3-5-13-25/h3-15,26-28,31H,16-22H2,1-2H3/t26?,27-,28+. The van der Waals surface area contributed by atoms with Crippen LogP contribution in [0, 0.1) is 19.8 Å². The topological polar surface area (TPSA) is 12.5 Å². The monoisotopic (exact) mass is 439 g/mol. The Morgan fingerprint density at radius 3 is 1.88 bits per heavy atom. The van der Waals surface area contributed by atoms with Gasteiger partial charge in [-0.2, -0.15) is 0 Å². The van der Waals surface area contributed by atoms with Crippen LogP contribution in [0.25, 0.3) is 0 Å². The summed E-state index contributed by atoms with van der Waals surface area (Å²) in [6.07, 6.45) is 6.63. The van der Waals surface area contributed by atoms with E-state index in [0.29, 0.717) is 0 Å². The minimum Gasteiger partial charge on any atom is -0.367 e. The molecule has 0 saturated carbocycles. The molecule has 2 heterocycles. The van der Waals surface area contributed by atoms with E-state index in [2.05, 4.69) is 97.6 Å². The van der Waals surface area contributed by atoms with E-state index in [1.165, 1.54) is 59.9 Å². The fraction of sp³-hybridized carbons (Fsp3) is 0.419. The lowest BCUT2D eigenvalue weighted by molar-refractivity contribution is 0.0281. The molecule has 0 spiro atoms. The van der Waals surface area contributed by atoms with E-state index < -0.39 is 0 Å². The van der Waals surface area contributed by atoms with Crippen LogP contribution in [0.3, 0.4) is 0 Å². The van der Waals surface area contributed by atoms with Gasteiger partial charge in [0.2, 0.25) is 0 Å². The molecule has 2 bridgehead atoms. The Morgan fingerprint density at radius 1 is 0.758 bits per heavy atom. The number of rotatable bonds is 8. The van der Waals surface area contributed by atoms with E-state index >= 15 is 0 Å². The molecule has 3 aromatic carbocycles. The summed E-state index contributed by atoms with van der Waals surface area (Å²) >= 11 is 0. The van der Waals surface area contributed by atoms with Gasteiger partial charge < -0.3 is 4.74 Å². The fourth-order valence-corrected chi connectivity index (χ4v) is 6.25. The van der Waals surface area contributed by atoms with Crippen LogP contribution >= 0.6 is 0 Å². The van der Waals surface area contributed by atoms with Gasteiger partial charge in [-0.3, -0.25) is 4.90 Å². The van der Waals surface area contributed by atoms with E-state index in [0.717, 1.165) is 31.2 Å². The van der Waals surface area contributed by atoms with Crippen LogP contribution in [0.5, 0.6) is 0 Å².